The summed E-state index contributed by atoms with van der Waals surface area (Å²) in [6.45, 7) is 4.07. The zero-order valence-corrected chi connectivity index (χ0v) is 14.2. The van der Waals surface area contributed by atoms with Gasteiger partial charge in [-0.25, -0.2) is 14.4 Å². The number of carbonyl (C=O) groups excluding carboxylic acids is 1. The molecule has 1 heterocycles. The standard InChI is InChI=1S/C20H19FN2O2/c1-13(2)9-16(24)10-14-3-6-17(7-4-14)25-20-12-22-19-11-15(21)5-8-18(19)23-20/h3-8,11-13H,9-10H2,1-2H3. The smallest absolute Gasteiger partial charge is 0.238 e. The molecule has 5 heteroatoms. The van der Waals surface area contributed by atoms with E-state index in [9.17, 15) is 9.18 Å². The van der Waals surface area contributed by atoms with Gasteiger partial charge in [-0.3, -0.25) is 4.79 Å². The molecule has 0 bridgehead atoms. The van der Waals surface area contributed by atoms with Crippen LogP contribution in [-0.4, -0.2) is 15.8 Å². The molecule has 0 spiro atoms. The summed E-state index contributed by atoms with van der Waals surface area (Å²) >= 11 is 0. The average Bonchev–Trinajstić information content (AvgIpc) is 2.56. The van der Waals surface area contributed by atoms with Crippen molar-refractivity contribution in [3.05, 3.63) is 60.0 Å². The van der Waals surface area contributed by atoms with Crippen LogP contribution < -0.4 is 4.74 Å². The molecule has 0 saturated heterocycles. The fourth-order valence-corrected chi connectivity index (χ4v) is 2.57. The van der Waals surface area contributed by atoms with Crippen LogP contribution in [0, 0.1) is 11.7 Å². The normalized spacial score (nSPS) is 11.0. The predicted molar refractivity (Wildman–Crippen MR) is 94.2 cm³/mol. The molecule has 4 nitrogen and oxygen atoms in total. The highest BCUT2D eigenvalue weighted by atomic mass is 19.1. The van der Waals surface area contributed by atoms with Crippen molar-refractivity contribution in [2.45, 2.75) is 26.7 Å². The number of aromatic nitrogens is 2. The van der Waals surface area contributed by atoms with Gasteiger partial charge < -0.3 is 4.74 Å². The number of nitrogens with zero attached hydrogens (tertiary/aromatic N) is 2. The van der Waals surface area contributed by atoms with Crippen molar-refractivity contribution in [3.63, 3.8) is 0 Å². The summed E-state index contributed by atoms with van der Waals surface area (Å²) in [5.41, 5.74) is 2.00. The van der Waals surface area contributed by atoms with Crippen LogP contribution in [0.15, 0.2) is 48.7 Å². The third-order valence-electron chi connectivity index (χ3n) is 3.67. The number of halogens is 1. The molecule has 0 amide bonds. The second-order valence-corrected chi connectivity index (χ2v) is 6.40. The maximum atomic E-state index is 13.2. The lowest BCUT2D eigenvalue weighted by molar-refractivity contribution is -0.119. The highest BCUT2D eigenvalue weighted by Gasteiger charge is 2.07. The van der Waals surface area contributed by atoms with Gasteiger partial charge in [-0.2, -0.15) is 0 Å². The van der Waals surface area contributed by atoms with Gasteiger partial charge in [0.1, 0.15) is 17.3 Å². The first-order valence-electron chi connectivity index (χ1n) is 8.20. The Morgan fingerprint density at radius 1 is 1.12 bits per heavy atom. The van der Waals surface area contributed by atoms with Crippen molar-refractivity contribution >= 4 is 16.8 Å². The molecular formula is C20H19FN2O2. The van der Waals surface area contributed by atoms with Crippen molar-refractivity contribution in [1.29, 1.82) is 0 Å². The second-order valence-electron chi connectivity index (χ2n) is 6.40. The molecule has 3 aromatic rings. The molecule has 128 valence electrons. The van der Waals surface area contributed by atoms with E-state index in [1.54, 1.807) is 18.2 Å². The van der Waals surface area contributed by atoms with Crippen LogP contribution in [-0.2, 0) is 11.2 Å². The summed E-state index contributed by atoms with van der Waals surface area (Å²) in [6.07, 6.45) is 2.48. The van der Waals surface area contributed by atoms with E-state index < -0.39 is 0 Å². The molecule has 1 aromatic heterocycles. The van der Waals surface area contributed by atoms with E-state index >= 15 is 0 Å². The number of hydrogen-bond acceptors (Lipinski definition) is 4. The number of ketones is 1. The second kappa shape index (κ2) is 7.38. The molecule has 0 radical (unpaired) electrons. The van der Waals surface area contributed by atoms with Gasteiger partial charge >= 0.3 is 0 Å². The van der Waals surface area contributed by atoms with Gasteiger partial charge in [0.05, 0.1) is 17.2 Å². The maximum absolute atomic E-state index is 13.2. The summed E-state index contributed by atoms with van der Waals surface area (Å²) < 4.78 is 18.8. The Hall–Kier alpha value is -2.82. The third-order valence-corrected chi connectivity index (χ3v) is 3.67. The zero-order chi connectivity index (χ0) is 17.8. The average molecular weight is 338 g/mol. The molecule has 25 heavy (non-hydrogen) atoms. The van der Waals surface area contributed by atoms with Crippen LogP contribution in [0.5, 0.6) is 11.6 Å². The molecule has 2 aromatic carbocycles. The van der Waals surface area contributed by atoms with Crippen molar-refractivity contribution in [2.75, 3.05) is 0 Å². The Morgan fingerprint density at radius 2 is 1.88 bits per heavy atom. The molecule has 0 aliphatic heterocycles. The molecule has 0 aliphatic carbocycles. The lowest BCUT2D eigenvalue weighted by Gasteiger charge is -2.07. The SMILES string of the molecule is CC(C)CC(=O)Cc1ccc(Oc2cnc3cc(F)ccc3n2)cc1. The maximum Gasteiger partial charge on any atom is 0.238 e. The lowest BCUT2D eigenvalue weighted by Crippen LogP contribution is -2.06. The molecule has 0 unspecified atom stereocenters. The van der Waals surface area contributed by atoms with Gasteiger partial charge in [0.15, 0.2) is 0 Å². The van der Waals surface area contributed by atoms with Gasteiger partial charge in [0.2, 0.25) is 5.88 Å². The summed E-state index contributed by atoms with van der Waals surface area (Å²) in [6, 6.07) is 11.6. The van der Waals surface area contributed by atoms with Crippen molar-refractivity contribution in [3.8, 4) is 11.6 Å². The molecule has 0 aliphatic rings. The highest BCUT2D eigenvalue weighted by Crippen LogP contribution is 2.22. The highest BCUT2D eigenvalue weighted by molar-refractivity contribution is 5.81. The minimum Gasteiger partial charge on any atom is -0.437 e. The predicted octanol–water partition coefficient (Wildman–Crippen LogP) is 4.72. The molecular weight excluding hydrogens is 319 g/mol. The van der Waals surface area contributed by atoms with Gasteiger partial charge in [0, 0.05) is 18.9 Å². The Balaban J connectivity index is 1.69. The van der Waals surface area contributed by atoms with Crippen LogP contribution in [0.25, 0.3) is 11.0 Å². The summed E-state index contributed by atoms with van der Waals surface area (Å²) in [5, 5.41) is 0. The number of fused-ring (bicyclic) bond motifs is 1. The van der Waals surface area contributed by atoms with Crippen molar-refractivity contribution in [2.24, 2.45) is 5.92 Å². The number of rotatable bonds is 6. The Kier molecular flexibility index (Phi) is 5.03. The lowest BCUT2D eigenvalue weighted by atomic mass is 10.0. The topological polar surface area (TPSA) is 52.1 Å². The number of hydrogen-bond donors (Lipinski definition) is 0. The molecule has 3 rings (SSSR count). The molecule has 0 saturated carbocycles. The molecule has 0 atom stereocenters. The first kappa shape index (κ1) is 17.0. The van der Waals surface area contributed by atoms with Gasteiger partial charge in [0.25, 0.3) is 0 Å². The first-order chi connectivity index (χ1) is 12.0. The minimum absolute atomic E-state index is 0.233. The third kappa shape index (κ3) is 4.59. The van der Waals surface area contributed by atoms with E-state index in [2.05, 4.69) is 9.97 Å². The van der Waals surface area contributed by atoms with Crippen molar-refractivity contribution < 1.29 is 13.9 Å². The number of Topliss-reactive ketones (excluding diaryl/α,β-unsaturated/α-hetero) is 1. The van der Waals surface area contributed by atoms with Gasteiger partial charge in [-0.15, -0.1) is 0 Å². The van der Waals surface area contributed by atoms with Crippen LogP contribution in [0.3, 0.4) is 0 Å². The van der Waals surface area contributed by atoms with E-state index in [1.807, 2.05) is 26.0 Å². The summed E-state index contributed by atoms with van der Waals surface area (Å²) in [5.74, 6) is 1.20. The van der Waals surface area contributed by atoms with Gasteiger partial charge in [-0.1, -0.05) is 26.0 Å². The van der Waals surface area contributed by atoms with E-state index in [1.165, 1.54) is 18.3 Å². The first-order valence-corrected chi connectivity index (χ1v) is 8.20. The molecule has 0 fully saturated rings. The quantitative estimate of drug-likeness (QED) is 0.652. The van der Waals surface area contributed by atoms with E-state index in [-0.39, 0.29) is 11.6 Å². The van der Waals surface area contributed by atoms with Crippen LogP contribution in [0.4, 0.5) is 4.39 Å². The summed E-state index contributed by atoms with van der Waals surface area (Å²) in [4.78, 5) is 20.3. The zero-order valence-electron chi connectivity index (χ0n) is 14.2. The largest absolute Gasteiger partial charge is 0.437 e. The monoisotopic (exact) mass is 338 g/mol. The van der Waals surface area contributed by atoms with E-state index in [4.69, 9.17) is 4.74 Å². The number of carbonyl (C=O) groups is 1. The fraction of sp³-hybridized carbons (Fsp3) is 0.250. The van der Waals surface area contributed by atoms with E-state index in [0.717, 1.165) is 5.56 Å². The Labute approximate surface area is 145 Å². The number of ether oxygens (including phenoxy) is 1. The molecule has 0 N–H and O–H groups in total. The van der Waals surface area contributed by atoms with Crippen molar-refractivity contribution in [1.82, 2.24) is 9.97 Å². The van der Waals surface area contributed by atoms with Gasteiger partial charge in [-0.05, 0) is 35.7 Å². The summed E-state index contributed by atoms with van der Waals surface area (Å²) in [7, 11) is 0. The fourth-order valence-electron chi connectivity index (χ4n) is 2.57. The Bertz CT molecular complexity index is 892. The minimum atomic E-state index is -0.349. The van der Waals surface area contributed by atoms with Crippen LogP contribution in [0.2, 0.25) is 0 Å². The number of benzene rings is 2. The van der Waals surface area contributed by atoms with Crippen LogP contribution in [0.1, 0.15) is 25.8 Å². The van der Waals surface area contributed by atoms with Crippen LogP contribution >= 0.6 is 0 Å². The van der Waals surface area contributed by atoms with E-state index in [0.29, 0.717) is 41.4 Å². The Morgan fingerprint density at radius 3 is 2.60 bits per heavy atom.